The summed E-state index contributed by atoms with van der Waals surface area (Å²) in [5.74, 6) is 0.730. The van der Waals surface area contributed by atoms with E-state index < -0.39 is 0 Å². The fourth-order valence-corrected chi connectivity index (χ4v) is 3.16. The molecule has 1 unspecified atom stereocenters. The maximum atomic E-state index is 12.6. The van der Waals surface area contributed by atoms with Crippen LogP contribution in [0, 0.1) is 0 Å². The van der Waals surface area contributed by atoms with Crippen LogP contribution in [0.25, 0.3) is 0 Å². The quantitative estimate of drug-likeness (QED) is 0.809. The second kappa shape index (κ2) is 6.13. The number of carbonyl (C=O) groups excluding carboxylic acids is 1. The summed E-state index contributed by atoms with van der Waals surface area (Å²) in [5, 5.41) is 0. The largest absolute Gasteiger partial charge is 0.308 e. The van der Waals surface area contributed by atoms with Gasteiger partial charge in [0.2, 0.25) is 5.91 Å². The molecule has 1 atom stereocenters. The first-order valence-corrected chi connectivity index (χ1v) is 7.72. The van der Waals surface area contributed by atoms with Gasteiger partial charge in [-0.3, -0.25) is 4.79 Å². The average Bonchev–Trinajstić information content (AvgIpc) is 2.66. The summed E-state index contributed by atoms with van der Waals surface area (Å²) >= 11 is 0. The molecule has 1 aliphatic heterocycles. The van der Waals surface area contributed by atoms with Gasteiger partial charge in [0, 0.05) is 12.1 Å². The molecule has 108 valence electrons. The lowest BCUT2D eigenvalue weighted by molar-refractivity contribution is -0.118. The van der Waals surface area contributed by atoms with E-state index in [4.69, 9.17) is 0 Å². The molecule has 3 rings (SSSR count). The van der Waals surface area contributed by atoms with Gasteiger partial charge in [-0.1, -0.05) is 55.5 Å². The molecule has 21 heavy (non-hydrogen) atoms. The van der Waals surface area contributed by atoms with Crippen molar-refractivity contribution in [3.63, 3.8) is 0 Å². The Hall–Kier alpha value is -2.09. The number of benzene rings is 2. The highest BCUT2D eigenvalue weighted by Crippen LogP contribution is 2.37. The van der Waals surface area contributed by atoms with Crippen LogP contribution in [0.4, 0.5) is 5.69 Å². The Bertz CT molecular complexity index is 620. The van der Waals surface area contributed by atoms with Crippen LogP contribution in [-0.4, -0.2) is 5.91 Å². The van der Waals surface area contributed by atoms with Crippen molar-refractivity contribution in [2.45, 2.75) is 38.6 Å². The molecule has 2 heteroatoms. The van der Waals surface area contributed by atoms with Gasteiger partial charge in [0.1, 0.15) is 0 Å². The van der Waals surface area contributed by atoms with E-state index in [0.717, 1.165) is 18.5 Å². The molecule has 0 saturated carbocycles. The minimum Gasteiger partial charge on any atom is -0.308 e. The summed E-state index contributed by atoms with van der Waals surface area (Å²) in [6.45, 7) is 2.87. The molecular formula is C19H21NO. The topological polar surface area (TPSA) is 20.3 Å². The summed E-state index contributed by atoms with van der Waals surface area (Å²) in [5.41, 5.74) is 3.59. The fraction of sp³-hybridized carbons (Fsp3) is 0.316. The van der Waals surface area contributed by atoms with E-state index >= 15 is 0 Å². The Kier molecular flexibility index (Phi) is 4.05. The molecule has 0 fully saturated rings. The number of hydrogen-bond donors (Lipinski definition) is 0. The number of para-hydroxylation sites is 1. The van der Waals surface area contributed by atoms with Crippen molar-refractivity contribution in [2.75, 3.05) is 4.90 Å². The van der Waals surface area contributed by atoms with Crippen molar-refractivity contribution in [3.8, 4) is 0 Å². The lowest BCUT2D eigenvalue weighted by Gasteiger charge is -2.24. The van der Waals surface area contributed by atoms with E-state index in [0.29, 0.717) is 18.9 Å². The third-order valence-electron chi connectivity index (χ3n) is 4.35. The van der Waals surface area contributed by atoms with Crippen molar-refractivity contribution in [1.29, 1.82) is 0 Å². The lowest BCUT2D eigenvalue weighted by atomic mass is 9.92. The first kappa shape index (κ1) is 13.9. The van der Waals surface area contributed by atoms with Crippen molar-refractivity contribution in [1.82, 2.24) is 0 Å². The Morgan fingerprint density at radius 3 is 2.52 bits per heavy atom. The van der Waals surface area contributed by atoms with Crippen LogP contribution >= 0.6 is 0 Å². The molecule has 0 bridgehead atoms. The highest BCUT2D eigenvalue weighted by Gasteiger charge is 2.26. The number of carbonyl (C=O) groups is 1. The average molecular weight is 279 g/mol. The zero-order valence-electron chi connectivity index (χ0n) is 12.5. The SMILES string of the molecule is CCC1CCC(=O)N(Cc2ccccc2)c2ccccc21. The van der Waals surface area contributed by atoms with E-state index in [1.165, 1.54) is 11.1 Å². The van der Waals surface area contributed by atoms with Crippen molar-refractivity contribution < 1.29 is 4.79 Å². The Labute approximate surface area is 126 Å². The molecular weight excluding hydrogens is 258 g/mol. The summed E-state index contributed by atoms with van der Waals surface area (Å²) in [6, 6.07) is 18.6. The van der Waals surface area contributed by atoms with Crippen molar-refractivity contribution >= 4 is 11.6 Å². The van der Waals surface area contributed by atoms with Crippen LogP contribution in [0.5, 0.6) is 0 Å². The van der Waals surface area contributed by atoms with Crippen molar-refractivity contribution in [3.05, 3.63) is 65.7 Å². The van der Waals surface area contributed by atoms with E-state index in [9.17, 15) is 4.79 Å². The fourth-order valence-electron chi connectivity index (χ4n) is 3.16. The zero-order valence-corrected chi connectivity index (χ0v) is 12.5. The molecule has 0 saturated heterocycles. The van der Waals surface area contributed by atoms with Gasteiger partial charge in [-0.05, 0) is 36.0 Å². The third-order valence-corrected chi connectivity index (χ3v) is 4.35. The smallest absolute Gasteiger partial charge is 0.227 e. The first-order valence-electron chi connectivity index (χ1n) is 7.72. The zero-order chi connectivity index (χ0) is 14.7. The van der Waals surface area contributed by atoms with Gasteiger partial charge in [0.15, 0.2) is 0 Å². The van der Waals surface area contributed by atoms with Crippen LogP contribution in [0.15, 0.2) is 54.6 Å². The molecule has 1 aliphatic rings. The highest BCUT2D eigenvalue weighted by atomic mass is 16.2. The Morgan fingerprint density at radius 1 is 1.05 bits per heavy atom. The van der Waals surface area contributed by atoms with Gasteiger partial charge >= 0.3 is 0 Å². The second-order valence-electron chi connectivity index (χ2n) is 5.67. The lowest BCUT2D eigenvalue weighted by Crippen LogP contribution is -2.29. The second-order valence-corrected chi connectivity index (χ2v) is 5.67. The number of hydrogen-bond acceptors (Lipinski definition) is 1. The Morgan fingerprint density at radius 2 is 1.76 bits per heavy atom. The monoisotopic (exact) mass is 279 g/mol. The summed E-state index contributed by atoms with van der Waals surface area (Å²) in [6.07, 6.45) is 2.68. The standard InChI is InChI=1S/C19H21NO/c1-2-16-12-13-19(21)20(14-15-8-4-3-5-9-15)18-11-7-6-10-17(16)18/h3-11,16H,2,12-14H2,1H3. The molecule has 2 aromatic rings. The van der Waals surface area contributed by atoms with Gasteiger partial charge in [0.05, 0.1) is 6.54 Å². The molecule has 0 spiro atoms. The van der Waals surface area contributed by atoms with Crippen LogP contribution in [-0.2, 0) is 11.3 Å². The van der Waals surface area contributed by atoms with E-state index in [1.807, 2.05) is 29.2 Å². The predicted molar refractivity (Wildman–Crippen MR) is 86.3 cm³/mol. The van der Waals surface area contributed by atoms with Crippen LogP contribution in [0.2, 0.25) is 0 Å². The van der Waals surface area contributed by atoms with Crippen LogP contribution in [0.3, 0.4) is 0 Å². The number of nitrogens with zero attached hydrogens (tertiary/aromatic N) is 1. The minimum absolute atomic E-state index is 0.238. The molecule has 0 N–H and O–H groups in total. The predicted octanol–water partition coefficient (Wildman–Crippen LogP) is 4.51. The Balaban J connectivity index is 1.99. The van der Waals surface area contributed by atoms with Crippen LogP contribution in [0.1, 0.15) is 43.2 Å². The number of amides is 1. The van der Waals surface area contributed by atoms with E-state index in [-0.39, 0.29) is 5.91 Å². The summed E-state index contributed by atoms with van der Waals surface area (Å²) in [4.78, 5) is 14.5. The van der Waals surface area contributed by atoms with Crippen LogP contribution < -0.4 is 4.90 Å². The number of rotatable bonds is 3. The molecule has 0 aromatic heterocycles. The first-order chi connectivity index (χ1) is 10.3. The molecule has 0 aliphatic carbocycles. The summed E-state index contributed by atoms with van der Waals surface area (Å²) < 4.78 is 0. The van der Waals surface area contributed by atoms with Gasteiger partial charge in [-0.2, -0.15) is 0 Å². The molecule has 1 amide bonds. The maximum absolute atomic E-state index is 12.6. The molecule has 1 heterocycles. The van der Waals surface area contributed by atoms with Gasteiger partial charge in [-0.15, -0.1) is 0 Å². The van der Waals surface area contributed by atoms with Crippen molar-refractivity contribution in [2.24, 2.45) is 0 Å². The molecule has 2 aromatic carbocycles. The van der Waals surface area contributed by atoms with E-state index in [1.54, 1.807) is 0 Å². The van der Waals surface area contributed by atoms with Gasteiger partial charge in [0.25, 0.3) is 0 Å². The molecule has 2 nitrogen and oxygen atoms in total. The number of anilines is 1. The van der Waals surface area contributed by atoms with Gasteiger partial charge < -0.3 is 4.90 Å². The number of fused-ring (bicyclic) bond motifs is 1. The van der Waals surface area contributed by atoms with E-state index in [2.05, 4.69) is 37.3 Å². The normalized spacial score (nSPS) is 18.2. The molecule has 0 radical (unpaired) electrons. The maximum Gasteiger partial charge on any atom is 0.227 e. The third kappa shape index (κ3) is 2.85. The minimum atomic E-state index is 0.238. The van der Waals surface area contributed by atoms with Gasteiger partial charge in [-0.25, -0.2) is 0 Å². The summed E-state index contributed by atoms with van der Waals surface area (Å²) in [7, 11) is 0. The highest BCUT2D eigenvalue weighted by molar-refractivity contribution is 5.95.